The molecule has 3 N–H and O–H groups in total. The first-order valence-corrected chi connectivity index (χ1v) is 7.61. The zero-order valence-electron chi connectivity index (χ0n) is 13.2. The van der Waals surface area contributed by atoms with Gasteiger partial charge in [-0.25, -0.2) is 9.97 Å². The van der Waals surface area contributed by atoms with Gasteiger partial charge in [-0.15, -0.1) is 0 Å². The molecule has 6 heteroatoms. The van der Waals surface area contributed by atoms with Crippen LogP contribution in [0, 0.1) is 6.92 Å². The van der Waals surface area contributed by atoms with Gasteiger partial charge in [0, 0.05) is 18.0 Å². The molecular weight excluding hydrogens is 304 g/mol. The van der Waals surface area contributed by atoms with Gasteiger partial charge in [0.1, 0.15) is 12.0 Å². The van der Waals surface area contributed by atoms with E-state index in [2.05, 4.69) is 20.3 Å². The highest BCUT2D eigenvalue weighted by atomic mass is 16.3. The Labute approximate surface area is 139 Å². The SMILES string of the molecule is Cc1cncnc1-c1c[nH]c(C(=O)NC(CO)c2ccccc2)c1. The number of aromatic nitrogens is 3. The Kier molecular flexibility index (Phi) is 4.67. The molecule has 1 atom stereocenters. The summed E-state index contributed by atoms with van der Waals surface area (Å²) in [5.74, 6) is -0.282. The van der Waals surface area contributed by atoms with Gasteiger partial charge in [-0.05, 0) is 24.1 Å². The molecule has 0 spiro atoms. The fourth-order valence-corrected chi connectivity index (χ4v) is 2.52. The molecule has 1 aromatic carbocycles. The maximum absolute atomic E-state index is 12.4. The molecule has 122 valence electrons. The molecule has 0 aliphatic heterocycles. The zero-order valence-corrected chi connectivity index (χ0v) is 13.2. The van der Waals surface area contributed by atoms with Crippen LogP contribution in [-0.2, 0) is 0 Å². The van der Waals surface area contributed by atoms with E-state index in [1.54, 1.807) is 18.5 Å². The van der Waals surface area contributed by atoms with E-state index in [-0.39, 0.29) is 12.5 Å². The van der Waals surface area contributed by atoms with Gasteiger partial charge in [0.15, 0.2) is 0 Å². The van der Waals surface area contributed by atoms with Gasteiger partial charge in [0.25, 0.3) is 5.91 Å². The Morgan fingerprint density at radius 1 is 1.33 bits per heavy atom. The summed E-state index contributed by atoms with van der Waals surface area (Å²) < 4.78 is 0. The summed E-state index contributed by atoms with van der Waals surface area (Å²) in [6.45, 7) is 1.74. The Morgan fingerprint density at radius 3 is 2.83 bits per heavy atom. The minimum absolute atomic E-state index is 0.172. The number of nitrogens with zero attached hydrogens (tertiary/aromatic N) is 2. The molecule has 24 heavy (non-hydrogen) atoms. The van der Waals surface area contributed by atoms with Crippen LogP contribution in [0.1, 0.15) is 27.7 Å². The van der Waals surface area contributed by atoms with Crippen molar-refractivity contribution in [2.75, 3.05) is 6.61 Å². The second kappa shape index (κ2) is 7.06. The number of aliphatic hydroxyl groups excluding tert-OH is 1. The van der Waals surface area contributed by atoms with Gasteiger partial charge in [-0.3, -0.25) is 4.79 Å². The number of amides is 1. The van der Waals surface area contributed by atoms with Crippen LogP contribution < -0.4 is 5.32 Å². The van der Waals surface area contributed by atoms with E-state index in [0.717, 1.165) is 22.4 Å². The number of aryl methyl sites for hydroxylation is 1. The molecule has 0 radical (unpaired) electrons. The van der Waals surface area contributed by atoms with Crippen LogP contribution in [0.4, 0.5) is 0 Å². The molecule has 1 amide bonds. The number of aromatic amines is 1. The number of carbonyl (C=O) groups is 1. The highest BCUT2D eigenvalue weighted by Crippen LogP contribution is 2.21. The van der Waals surface area contributed by atoms with Crippen LogP contribution in [0.2, 0.25) is 0 Å². The Hall–Kier alpha value is -2.99. The minimum atomic E-state index is -0.453. The summed E-state index contributed by atoms with van der Waals surface area (Å²) in [7, 11) is 0. The molecule has 0 aliphatic rings. The predicted octanol–water partition coefficient (Wildman–Crippen LogP) is 2.24. The second-order valence-corrected chi connectivity index (χ2v) is 5.48. The van der Waals surface area contributed by atoms with E-state index in [9.17, 15) is 9.90 Å². The third-order valence-electron chi connectivity index (χ3n) is 3.79. The third-order valence-corrected chi connectivity index (χ3v) is 3.79. The number of carbonyl (C=O) groups excluding carboxylic acids is 1. The van der Waals surface area contributed by atoms with Crippen LogP contribution in [0.15, 0.2) is 55.1 Å². The molecule has 0 aliphatic carbocycles. The van der Waals surface area contributed by atoms with Crippen LogP contribution in [-0.4, -0.2) is 32.6 Å². The van der Waals surface area contributed by atoms with Crippen LogP contribution in [0.25, 0.3) is 11.3 Å². The molecule has 0 saturated carbocycles. The molecule has 3 rings (SSSR count). The first-order chi connectivity index (χ1) is 11.7. The topological polar surface area (TPSA) is 90.9 Å². The largest absolute Gasteiger partial charge is 0.394 e. The lowest BCUT2D eigenvalue weighted by Gasteiger charge is -2.16. The van der Waals surface area contributed by atoms with Crippen molar-refractivity contribution in [2.45, 2.75) is 13.0 Å². The summed E-state index contributed by atoms with van der Waals surface area (Å²) in [5.41, 5.74) is 3.80. The molecule has 3 aromatic rings. The number of hydrogen-bond acceptors (Lipinski definition) is 4. The van der Waals surface area contributed by atoms with Crippen molar-refractivity contribution < 1.29 is 9.90 Å². The van der Waals surface area contributed by atoms with Crippen LogP contribution >= 0.6 is 0 Å². The van der Waals surface area contributed by atoms with Gasteiger partial charge in [0.2, 0.25) is 0 Å². The Balaban J connectivity index is 1.78. The number of hydrogen-bond donors (Lipinski definition) is 3. The van der Waals surface area contributed by atoms with Gasteiger partial charge < -0.3 is 15.4 Å². The summed E-state index contributed by atoms with van der Waals surface area (Å²) in [6, 6.07) is 10.7. The van der Waals surface area contributed by atoms with Gasteiger partial charge in [0.05, 0.1) is 18.3 Å². The maximum Gasteiger partial charge on any atom is 0.268 e. The fraction of sp³-hybridized carbons (Fsp3) is 0.167. The standard InChI is InChI=1S/C18H18N4O2/c1-12-8-19-11-21-17(12)14-7-15(20-9-14)18(24)22-16(10-23)13-5-3-2-4-6-13/h2-9,11,16,20,23H,10H2,1H3,(H,22,24). The van der Waals surface area contributed by atoms with E-state index in [4.69, 9.17) is 0 Å². The third kappa shape index (κ3) is 3.33. The van der Waals surface area contributed by atoms with Crippen molar-refractivity contribution in [2.24, 2.45) is 0 Å². The van der Waals surface area contributed by atoms with E-state index in [1.807, 2.05) is 37.3 Å². The maximum atomic E-state index is 12.4. The van der Waals surface area contributed by atoms with Crippen molar-refractivity contribution in [3.8, 4) is 11.3 Å². The first-order valence-electron chi connectivity index (χ1n) is 7.61. The molecule has 0 saturated heterocycles. The van der Waals surface area contributed by atoms with Crippen molar-refractivity contribution >= 4 is 5.91 Å². The first kappa shape index (κ1) is 15.9. The molecule has 6 nitrogen and oxygen atoms in total. The number of benzene rings is 1. The lowest BCUT2D eigenvalue weighted by Crippen LogP contribution is -2.30. The number of rotatable bonds is 5. The summed E-state index contributed by atoms with van der Waals surface area (Å²) in [6.07, 6.45) is 4.94. The quantitative estimate of drug-likeness (QED) is 0.672. The number of H-pyrrole nitrogens is 1. The normalized spacial score (nSPS) is 11.9. The van der Waals surface area contributed by atoms with Gasteiger partial charge in [-0.1, -0.05) is 30.3 Å². The van der Waals surface area contributed by atoms with Crippen molar-refractivity contribution in [3.63, 3.8) is 0 Å². The van der Waals surface area contributed by atoms with E-state index in [1.165, 1.54) is 6.33 Å². The van der Waals surface area contributed by atoms with Crippen molar-refractivity contribution in [3.05, 3.63) is 71.9 Å². The average molecular weight is 322 g/mol. The number of nitrogens with one attached hydrogen (secondary N) is 2. The lowest BCUT2D eigenvalue weighted by molar-refractivity contribution is 0.0912. The van der Waals surface area contributed by atoms with Crippen LogP contribution in [0.3, 0.4) is 0 Å². The van der Waals surface area contributed by atoms with E-state index in [0.29, 0.717) is 5.69 Å². The van der Waals surface area contributed by atoms with Crippen LogP contribution in [0.5, 0.6) is 0 Å². The molecule has 1 unspecified atom stereocenters. The zero-order chi connectivity index (χ0) is 16.9. The Morgan fingerprint density at radius 2 is 2.12 bits per heavy atom. The molecule has 2 aromatic heterocycles. The monoisotopic (exact) mass is 322 g/mol. The van der Waals surface area contributed by atoms with Gasteiger partial charge in [-0.2, -0.15) is 0 Å². The van der Waals surface area contributed by atoms with E-state index >= 15 is 0 Å². The minimum Gasteiger partial charge on any atom is -0.394 e. The average Bonchev–Trinajstić information content (AvgIpc) is 3.10. The van der Waals surface area contributed by atoms with Crippen molar-refractivity contribution in [1.82, 2.24) is 20.3 Å². The van der Waals surface area contributed by atoms with Crippen molar-refractivity contribution in [1.29, 1.82) is 0 Å². The number of aliphatic hydroxyl groups is 1. The predicted molar refractivity (Wildman–Crippen MR) is 90.3 cm³/mol. The van der Waals surface area contributed by atoms with Gasteiger partial charge >= 0.3 is 0 Å². The lowest BCUT2D eigenvalue weighted by atomic mass is 10.1. The highest BCUT2D eigenvalue weighted by Gasteiger charge is 2.17. The summed E-state index contributed by atoms with van der Waals surface area (Å²) >= 11 is 0. The highest BCUT2D eigenvalue weighted by molar-refractivity contribution is 5.94. The van der Waals surface area contributed by atoms with E-state index < -0.39 is 6.04 Å². The summed E-state index contributed by atoms with van der Waals surface area (Å²) in [4.78, 5) is 23.6. The summed E-state index contributed by atoms with van der Waals surface area (Å²) in [5, 5.41) is 12.4. The molecular formula is C18H18N4O2. The molecule has 0 bridgehead atoms. The second-order valence-electron chi connectivity index (χ2n) is 5.48. The Bertz CT molecular complexity index is 830. The molecule has 0 fully saturated rings. The molecule has 2 heterocycles. The fourth-order valence-electron chi connectivity index (χ4n) is 2.52. The smallest absolute Gasteiger partial charge is 0.268 e.